The summed E-state index contributed by atoms with van der Waals surface area (Å²) in [5.41, 5.74) is 1.17. The predicted octanol–water partition coefficient (Wildman–Crippen LogP) is 5.10. The van der Waals surface area contributed by atoms with Crippen LogP contribution in [0.5, 0.6) is 0 Å². The molecular formula is C13H17ClIN. The van der Waals surface area contributed by atoms with Crippen molar-refractivity contribution in [2.75, 3.05) is 11.9 Å². The van der Waals surface area contributed by atoms with Crippen LogP contribution in [0.2, 0.25) is 5.02 Å². The standard InChI is InChI=1S/C13H17ClIN/c1-2-3-4-5-6-9-16-13-8-7-11(14)10-12(13)15/h2,7-8,10,16H,1,3-6,9H2. The summed E-state index contributed by atoms with van der Waals surface area (Å²) in [6.45, 7) is 4.74. The van der Waals surface area contributed by atoms with Gasteiger partial charge in [-0.2, -0.15) is 0 Å². The molecule has 0 saturated heterocycles. The van der Waals surface area contributed by atoms with Gasteiger partial charge in [0, 0.05) is 20.8 Å². The Balaban J connectivity index is 2.24. The van der Waals surface area contributed by atoms with Gasteiger partial charge >= 0.3 is 0 Å². The topological polar surface area (TPSA) is 12.0 Å². The fourth-order valence-electron chi connectivity index (χ4n) is 1.45. The van der Waals surface area contributed by atoms with Gasteiger partial charge in [-0.25, -0.2) is 0 Å². The Bertz CT molecular complexity index is 339. The first-order chi connectivity index (χ1) is 7.74. The van der Waals surface area contributed by atoms with Gasteiger partial charge in [-0.15, -0.1) is 6.58 Å². The van der Waals surface area contributed by atoms with Crippen molar-refractivity contribution in [1.82, 2.24) is 0 Å². The summed E-state index contributed by atoms with van der Waals surface area (Å²) in [7, 11) is 0. The zero-order valence-electron chi connectivity index (χ0n) is 9.31. The second-order valence-electron chi connectivity index (χ2n) is 3.69. The van der Waals surface area contributed by atoms with Crippen LogP contribution in [0, 0.1) is 3.57 Å². The van der Waals surface area contributed by atoms with Crippen molar-refractivity contribution in [2.45, 2.75) is 25.7 Å². The fraction of sp³-hybridized carbons (Fsp3) is 0.385. The van der Waals surface area contributed by atoms with E-state index >= 15 is 0 Å². The minimum atomic E-state index is 0.793. The summed E-state index contributed by atoms with van der Waals surface area (Å²) in [6.07, 6.45) is 6.80. The zero-order valence-corrected chi connectivity index (χ0v) is 12.2. The second kappa shape index (κ2) is 7.96. The van der Waals surface area contributed by atoms with Gasteiger partial charge in [0.1, 0.15) is 0 Å². The molecule has 0 bridgehead atoms. The highest BCUT2D eigenvalue weighted by atomic mass is 127. The van der Waals surface area contributed by atoms with Crippen LogP contribution in [0.1, 0.15) is 25.7 Å². The van der Waals surface area contributed by atoms with Crippen molar-refractivity contribution >= 4 is 39.9 Å². The highest BCUT2D eigenvalue weighted by Crippen LogP contribution is 2.22. The molecule has 0 aromatic heterocycles. The Kier molecular flexibility index (Phi) is 6.88. The molecule has 0 spiro atoms. The summed E-state index contributed by atoms with van der Waals surface area (Å²) >= 11 is 8.19. The molecule has 0 aliphatic carbocycles. The maximum atomic E-state index is 5.89. The first kappa shape index (κ1) is 13.8. The summed E-state index contributed by atoms with van der Waals surface area (Å²) in [5.74, 6) is 0. The van der Waals surface area contributed by atoms with Gasteiger partial charge in [0.15, 0.2) is 0 Å². The lowest BCUT2D eigenvalue weighted by molar-refractivity contribution is 0.708. The van der Waals surface area contributed by atoms with Crippen LogP contribution in [0.3, 0.4) is 0 Å². The smallest absolute Gasteiger partial charge is 0.0476 e. The normalized spacial score (nSPS) is 10.1. The molecule has 3 heteroatoms. The minimum Gasteiger partial charge on any atom is -0.384 e. The van der Waals surface area contributed by atoms with Crippen molar-refractivity contribution in [3.8, 4) is 0 Å². The predicted molar refractivity (Wildman–Crippen MR) is 81.3 cm³/mol. The van der Waals surface area contributed by atoms with E-state index in [0.29, 0.717) is 0 Å². The third-order valence-electron chi connectivity index (χ3n) is 2.33. The van der Waals surface area contributed by atoms with Crippen LogP contribution in [-0.2, 0) is 0 Å². The van der Waals surface area contributed by atoms with Crippen LogP contribution in [0.25, 0.3) is 0 Å². The summed E-state index contributed by atoms with van der Waals surface area (Å²) in [5, 5.41) is 4.22. The van der Waals surface area contributed by atoms with Crippen molar-refractivity contribution in [3.63, 3.8) is 0 Å². The lowest BCUT2D eigenvalue weighted by atomic mass is 10.2. The molecule has 1 N–H and O–H groups in total. The maximum Gasteiger partial charge on any atom is 0.0476 e. The minimum absolute atomic E-state index is 0.793. The van der Waals surface area contributed by atoms with E-state index in [0.717, 1.165) is 18.0 Å². The average Bonchev–Trinajstić information content (AvgIpc) is 2.26. The number of benzene rings is 1. The molecule has 0 radical (unpaired) electrons. The van der Waals surface area contributed by atoms with Gasteiger partial charge in [0.2, 0.25) is 0 Å². The Morgan fingerprint density at radius 2 is 2.12 bits per heavy atom. The van der Waals surface area contributed by atoms with E-state index in [1.165, 1.54) is 28.5 Å². The average molecular weight is 350 g/mol. The van der Waals surface area contributed by atoms with E-state index in [9.17, 15) is 0 Å². The van der Waals surface area contributed by atoms with E-state index < -0.39 is 0 Å². The molecule has 16 heavy (non-hydrogen) atoms. The zero-order chi connectivity index (χ0) is 11.8. The molecule has 1 rings (SSSR count). The number of allylic oxidation sites excluding steroid dienone is 1. The number of anilines is 1. The fourth-order valence-corrected chi connectivity index (χ4v) is 2.51. The molecule has 0 amide bonds. The lowest BCUT2D eigenvalue weighted by Crippen LogP contribution is -2.02. The summed E-state index contributed by atoms with van der Waals surface area (Å²) in [4.78, 5) is 0. The number of rotatable bonds is 7. The number of nitrogens with one attached hydrogen (secondary N) is 1. The number of halogens is 2. The molecule has 0 fully saturated rings. The summed E-state index contributed by atoms with van der Waals surface area (Å²) < 4.78 is 1.18. The quantitative estimate of drug-likeness (QED) is 0.410. The molecule has 88 valence electrons. The van der Waals surface area contributed by atoms with Gasteiger partial charge in [0.25, 0.3) is 0 Å². The van der Waals surface area contributed by atoms with Gasteiger partial charge in [-0.3, -0.25) is 0 Å². The van der Waals surface area contributed by atoms with Gasteiger partial charge < -0.3 is 5.32 Å². The second-order valence-corrected chi connectivity index (χ2v) is 5.29. The Morgan fingerprint density at radius 1 is 1.31 bits per heavy atom. The van der Waals surface area contributed by atoms with Gasteiger partial charge in [-0.05, 0) is 60.1 Å². The first-order valence-corrected chi connectivity index (χ1v) is 6.99. The third-order valence-corrected chi connectivity index (χ3v) is 3.46. The Hall–Kier alpha value is -0.220. The molecule has 0 saturated carbocycles. The van der Waals surface area contributed by atoms with Gasteiger partial charge in [0.05, 0.1) is 0 Å². The third kappa shape index (κ3) is 5.21. The number of unbranched alkanes of at least 4 members (excludes halogenated alkanes) is 3. The molecule has 0 aliphatic rings. The van der Waals surface area contributed by atoms with Crippen molar-refractivity contribution < 1.29 is 0 Å². The van der Waals surface area contributed by atoms with Crippen LogP contribution in [-0.4, -0.2) is 6.54 Å². The van der Waals surface area contributed by atoms with Crippen LogP contribution in [0.15, 0.2) is 30.9 Å². The highest BCUT2D eigenvalue weighted by molar-refractivity contribution is 14.1. The van der Waals surface area contributed by atoms with Crippen LogP contribution in [0.4, 0.5) is 5.69 Å². The van der Waals surface area contributed by atoms with E-state index in [1.807, 2.05) is 24.3 Å². The molecular weight excluding hydrogens is 333 g/mol. The SMILES string of the molecule is C=CCCCCCNc1ccc(Cl)cc1I. The number of hydrogen-bond acceptors (Lipinski definition) is 1. The Labute approximate surface area is 116 Å². The van der Waals surface area contributed by atoms with E-state index in [2.05, 4.69) is 34.5 Å². The maximum absolute atomic E-state index is 5.89. The van der Waals surface area contributed by atoms with Gasteiger partial charge in [-0.1, -0.05) is 24.1 Å². The first-order valence-electron chi connectivity index (χ1n) is 5.54. The van der Waals surface area contributed by atoms with Crippen molar-refractivity contribution in [2.24, 2.45) is 0 Å². The molecule has 1 aromatic carbocycles. The van der Waals surface area contributed by atoms with Crippen molar-refractivity contribution in [3.05, 3.63) is 39.4 Å². The largest absolute Gasteiger partial charge is 0.384 e. The molecule has 1 aromatic rings. The molecule has 0 aliphatic heterocycles. The summed E-state index contributed by atoms with van der Waals surface area (Å²) in [6, 6.07) is 5.93. The van der Waals surface area contributed by atoms with E-state index in [4.69, 9.17) is 11.6 Å². The monoisotopic (exact) mass is 349 g/mol. The van der Waals surface area contributed by atoms with Crippen LogP contribution >= 0.6 is 34.2 Å². The molecule has 1 nitrogen and oxygen atoms in total. The molecule has 0 heterocycles. The lowest BCUT2D eigenvalue weighted by Gasteiger charge is -2.08. The highest BCUT2D eigenvalue weighted by Gasteiger charge is 1.99. The molecule has 0 atom stereocenters. The van der Waals surface area contributed by atoms with Crippen molar-refractivity contribution in [1.29, 1.82) is 0 Å². The Morgan fingerprint density at radius 3 is 2.81 bits per heavy atom. The van der Waals surface area contributed by atoms with E-state index in [-0.39, 0.29) is 0 Å². The number of hydrogen-bond donors (Lipinski definition) is 1. The molecule has 0 unspecified atom stereocenters. The van der Waals surface area contributed by atoms with Crippen LogP contribution < -0.4 is 5.32 Å². The van der Waals surface area contributed by atoms with E-state index in [1.54, 1.807) is 0 Å².